The highest BCUT2D eigenvalue weighted by Gasteiger charge is 1.93. The zero-order chi connectivity index (χ0) is 8.69. The van der Waals surface area contributed by atoms with Crippen molar-refractivity contribution in [3.63, 3.8) is 0 Å². The molecule has 13 heavy (non-hydrogen) atoms. The SMILES string of the molecule is CCCCNC(=N)NC(=N)N.Cl.N. The smallest absolute Gasteiger partial charge is 0.195 e. The maximum absolute atomic E-state index is 7.15. The van der Waals surface area contributed by atoms with E-state index >= 15 is 0 Å². The number of hydrogen-bond donors (Lipinski definition) is 6. The molecule has 0 aromatic heterocycles. The Morgan fingerprint density at radius 3 is 2.31 bits per heavy atom. The summed E-state index contributed by atoms with van der Waals surface area (Å²) in [5.74, 6) is -0.120. The van der Waals surface area contributed by atoms with Crippen LogP contribution in [0.1, 0.15) is 19.8 Å². The molecule has 0 saturated heterocycles. The molecule has 0 atom stereocenters. The van der Waals surface area contributed by atoms with Crippen molar-refractivity contribution in [1.82, 2.24) is 16.8 Å². The van der Waals surface area contributed by atoms with Crippen LogP contribution in [-0.2, 0) is 0 Å². The molecule has 80 valence electrons. The van der Waals surface area contributed by atoms with Crippen LogP contribution in [0, 0.1) is 10.8 Å². The summed E-state index contributed by atoms with van der Waals surface area (Å²) in [6, 6.07) is 0. The third-order valence-corrected chi connectivity index (χ3v) is 1.09. The number of unbranched alkanes of at least 4 members (excludes halogenated alkanes) is 1. The van der Waals surface area contributed by atoms with E-state index in [1.807, 2.05) is 0 Å². The van der Waals surface area contributed by atoms with Crippen molar-refractivity contribution in [2.45, 2.75) is 19.8 Å². The summed E-state index contributed by atoms with van der Waals surface area (Å²) in [5, 5.41) is 19.0. The van der Waals surface area contributed by atoms with E-state index in [9.17, 15) is 0 Å². The van der Waals surface area contributed by atoms with E-state index in [4.69, 9.17) is 16.6 Å². The van der Waals surface area contributed by atoms with Gasteiger partial charge in [-0.15, -0.1) is 12.4 Å². The first kappa shape index (κ1) is 17.9. The molecule has 0 saturated carbocycles. The minimum Gasteiger partial charge on any atom is -0.370 e. The normalized spacial score (nSPS) is 7.46. The van der Waals surface area contributed by atoms with Crippen LogP contribution < -0.4 is 22.5 Å². The summed E-state index contributed by atoms with van der Waals surface area (Å²) in [6.45, 7) is 2.82. The number of guanidine groups is 2. The first-order valence-corrected chi connectivity index (χ1v) is 3.60. The van der Waals surface area contributed by atoms with E-state index in [0.717, 1.165) is 19.4 Å². The molecular formula is C6H19ClN6. The van der Waals surface area contributed by atoms with Gasteiger partial charge in [0.25, 0.3) is 0 Å². The van der Waals surface area contributed by atoms with Crippen molar-refractivity contribution >= 4 is 24.3 Å². The van der Waals surface area contributed by atoms with E-state index in [0.29, 0.717) is 0 Å². The lowest BCUT2D eigenvalue weighted by Crippen LogP contribution is -2.43. The topological polar surface area (TPSA) is 133 Å². The molecule has 0 aromatic carbocycles. The van der Waals surface area contributed by atoms with Gasteiger partial charge in [-0.05, 0) is 6.42 Å². The Bertz CT molecular complexity index is 148. The molecule has 0 bridgehead atoms. The van der Waals surface area contributed by atoms with Crippen LogP contribution in [0.3, 0.4) is 0 Å². The Kier molecular flexibility index (Phi) is 15.1. The van der Waals surface area contributed by atoms with Gasteiger partial charge in [-0.25, -0.2) is 0 Å². The van der Waals surface area contributed by atoms with Crippen LogP contribution >= 0.6 is 12.4 Å². The molecule has 0 amide bonds. The Balaban J connectivity index is -0.000000500. The Morgan fingerprint density at radius 2 is 1.92 bits per heavy atom. The van der Waals surface area contributed by atoms with E-state index in [2.05, 4.69) is 17.6 Å². The zero-order valence-electron chi connectivity index (χ0n) is 7.81. The highest BCUT2D eigenvalue weighted by molar-refractivity contribution is 5.94. The first-order valence-electron chi connectivity index (χ1n) is 3.60. The second-order valence-electron chi connectivity index (χ2n) is 2.19. The monoisotopic (exact) mass is 210 g/mol. The lowest BCUT2D eigenvalue weighted by Gasteiger charge is -2.06. The van der Waals surface area contributed by atoms with Crippen LogP contribution in [0.15, 0.2) is 0 Å². The number of nitrogens with two attached hydrogens (primary N) is 1. The molecule has 0 unspecified atom stereocenters. The summed E-state index contributed by atoms with van der Waals surface area (Å²) in [5.41, 5.74) is 4.99. The molecule has 0 fully saturated rings. The number of nitrogens with one attached hydrogen (secondary N) is 4. The van der Waals surface area contributed by atoms with Gasteiger partial charge >= 0.3 is 0 Å². The molecule has 0 aliphatic carbocycles. The van der Waals surface area contributed by atoms with Crippen molar-refractivity contribution in [1.29, 1.82) is 10.8 Å². The largest absolute Gasteiger partial charge is 0.370 e. The Hall–Kier alpha value is -1.01. The van der Waals surface area contributed by atoms with E-state index in [-0.39, 0.29) is 30.5 Å². The van der Waals surface area contributed by atoms with Crippen molar-refractivity contribution in [3.05, 3.63) is 0 Å². The van der Waals surface area contributed by atoms with Gasteiger partial charge < -0.3 is 17.2 Å². The second kappa shape index (κ2) is 11.0. The van der Waals surface area contributed by atoms with Gasteiger partial charge in [0.15, 0.2) is 11.9 Å². The third-order valence-electron chi connectivity index (χ3n) is 1.09. The standard InChI is InChI=1S/C6H15N5.ClH.H3N/c1-2-3-4-10-6(9)11-5(7)8;;/h2-4H2,1H3,(H6,7,8,9,10,11);1H;1H3. The second-order valence-corrected chi connectivity index (χ2v) is 2.19. The van der Waals surface area contributed by atoms with Crippen molar-refractivity contribution in [3.8, 4) is 0 Å². The average molecular weight is 211 g/mol. The quantitative estimate of drug-likeness (QED) is 0.228. The fourth-order valence-electron chi connectivity index (χ4n) is 0.569. The van der Waals surface area contributed by atoms with Gasteiger partial charge in [0.2, 0.25) is 0 Å². The van der Waals surface area contributed by atoms with Crippen LogP contribution in [0.2, 0.25) is 0 Å². The zero-order valence-corrected chi connectivity index (χ0v) is 8.63. The van der Waals surface area contributed by atoms with Gasteiger partial charge in [-0.2, -0.15) is 0 Å². The van der Waals surface area contributed by atoms with Gasteiger partial charge in [-0.3, -0.25) is 16.1 Å². The molecule has 0 aliphatic rings. The van der Waals surface area contributed by atoms with E-state index in [1.165, 1.54) is 0 Å². The van der Waals surface area contributed by atoms with Crippen LogP contribution in [0.4, 0.5) is 0 Å². The van der Waals surface area contributed by atoms with Crippen LogP contribution in [0.5, 0.6) is 0 Å². The molecule has 9 N–H and O–H groups in total. The highest BCUT2D eigenvalue weighted by atomic mass is 35.5. The highest BCUT2D eigenvalue weighted by Crippen LogP contribution is 1.80. The molecular weight excluding hydrogens is 192 g/mol. The number of rotatable bonds is 3. The minimum absolute atomic E-state index is 0. The fourth-order valence-corrected chi connectivity index (χ4v) is 0.569. The minimum atomic E-state index is -0.209. The Labute approximate surface area is 84.7 Å². The van der Waals surface area contributed by atoms with E-state index in [1.54, 1.807) is 0 Å². The van der Waals surface area contributed by atoms with Crippen molar-refractivity contribution in [2.75, 3.05) is 6.54 Å². The van der Waals surface area contributed by atoms with Gasteiger partial charge in [0.1, 0.15) is 0 Å². The summed E-state index contributed by atoms with van der Waals surface area (Å²) in [6.07, 6.45) is 2.10. The maximum atomic E-state index is 7.15. The van der Waals surface area contributed by atoms with E-state index < -0.39 is 0 Å². The molecule has 0 rings (SSSR count). The van der Waals surface area contributed by atoms with Crippen LogP contribution in [-0.4, -0.2) is 18.5 Å². The molecule has 0 aromatic rings. The molecule has 7 heteroatoms. The van der Waals surface area contributed by atoms with Crippen LogP contribution in [0.25, 0.3) is 0 Å². The molecule has 6 nitrogen and oxygen atoms in total. The third kappa shape index (κ3) is 13.9. The lowest BCUT2D eigenvalue weighted by molar-refractivity contribution is 0.744. The summed E-state index contributed by atoms with van der Waals surface area (Å²) < 4.78 is 0. The molecule has 0 spiro atoms. The summed E-state index contributed by atoms with van der Waals surface area (Å²) in [7, 11) is 0. The molecule has 0 heterocycles. The fraction of sp³-hybridized carbons (Fsp3) is 0.667. The average Bonchev–Trinajstić information content (AvgIpc) is 1.86. The lowest BCUT2D eigenvalue weighted by atomic mass is 10.3. The first-order chi connectivity index (χ1) is 5.16. The molecule has 0 radical (unpaired) electrons. The number of hydrogen-bond acceptors (Lipinski definition) is 3. The van der Waals surface area contributed by atoms with Crippen molar-refractivity contribution in [2.24, 2.45) is 5.73 Å². The summed E-state index contributed by atoms with van der Waals surface area (Å²) >= 11 is 0. The predicted molar refractivity (Wildman–Crippen MR) is 58.0 cm³/mol. The number of halogens is 1. The van der Waals surface area contributed by atoms with Gasteiger partial charge in [0.05, 0.1) is 0 Å². The predicted octanol–water partition coefficient (Wildman–Crippen LogP) is 0.378. The van der Waals surface area contributed by atoms with Crippen molar-refractivity contribution < 1.29 is 0 Å². The Morgan fingerprint density at radius 1 is 1.38 bits per heavy atom. The van der Waals surface area contributed by atoms with Gasteiger partial charge in [0, 0.05) is 6.54 Å². The summed E-state index contributed by atoms with van der Waals surface area (Å²) in [4.78, 5) is 0. The maximum Gasteiger partial charge on any atom is 0.195 e. The van der Waals surface area contributed by atoms with Gasteiger partial charge in [-0.1, -0.05) is 13.3 Å². The molecule has 0 aliphatic heterocycles.